The standard InChI is InChI=1S/C12H25NO2S/c1-2-16-9-3-5-13-6-8-15-11-12-4-7-14-10-12/h12-13H,2-11H2,1H3. The van der Waals surface area contributed by atoms with Crippen LogP contribution >= 0.6 is 11.8 Å². The molecule has 0 aromatic heterocycles. The Kier molecular flexibility index (Phi) is 9.28. The number of hydrogen-bond donors (Lipinski definition) is 1. The molecule has 96 valence electrons. The van der Waals surface area contributed by atoms with Gasteiger partial charge in [0.2, 0.25) is 0 Å². The van der Waals surface area contributed by atoms with E-state index in [1.54, 1.807) is 0 Å². The smallest absolute Gasteiger partial charge is 0.0591 e. The fourth-order valence-corrected chi connectivity index (χ4v) is 2.31. The topological polar surface area (TPSA) is 30.5 Å². The van der Waals surface area contributed by atoms with Crippen molar-refractivity contribution in [2.24, 2.45) is 5.92 Å². The Morgan fingerprint density at radius 2 is 2.38 bits per heavy atom. The van der Waals surface area contributed by atoms with Crippen LogP contribution in [-0.2, 0) is 9.47 Å². The molecule has 0 bridgehead atoms. The Morgan fingerprint density at radius 1 is 1.44 bits per heavy atom. The third-order valence-corrected chi connectivity index (χ3v) is 3.63. The van der Waals surface area contributed by atoms with Gasteiger partial charge in [0, 0.05) is 19.1 Å². The Hall–Kier alpha value is 0.230. The van der Waals surface area contributed by atoms with Gasteiger partial charge in [-0.2, -0.15) is 11.8 Å². The second-order valence-corrected chi connectivity index (χ2v) is 5.50. The van der Waals surface area contributed by atoms with Crippen LogP contribution in [0.25, 0.3) is 0 Å². The summed E-state index contributed by atoms with van der Waals surface area (Å²) in [5.74, 6) is 3.14. The van der Waals surface area contributed by atoms with Gasteiger partial charge in [0.15, 0.2) is 0 Å². The molecule has 0 spiro atoms. The molecular formula is C12H25NO2S. The molecule has 1 fully saturated rings. The van der Waals surface area contributed by atoms with Crippen molar-refractivity contribution < 1.29 is 9.47 Å². The van der Waals surface area contributed by atoms with E-state index >= 15 is 0 Å². The lowest BCUT2D eigenvalue weighted by Gasteiger charge is -2.09. The van der Waals surface area contributed by atoms with Crippen LogP contribution in [0.15, 0.2) is 0 Å². The summed E-state index contributed by atoms with van der Waals surface area (Å²) in [4.78, 5) is 0. The van der Waals surface area contributed by atoms with Gasteiger partial charge in [-0.3, -0.25) is 0 Å². The molecule has 1 unspecified atom stereocenters. The third-order valence-electron chi connectivity index (χ3n) is 2.65. The summed E-state index contributed by atoms with van der Waals surface area (Å²) in [5.41, 5.74) is 0. The van der Waals surface area contributed by atoms with Gasteiger partial charge in [-0.25, -0.2) is 0 Å². The van der Waals surface area contributed by atoms with E-state index < -0.39 is 0 Å². The lowest BCUT2D eigenvalue weighted by molar-refractivity contribution is 0.0915. The second-order valence-electron chi connectivity index (χ2n) is 4.11. The molecule has 1 N–H and O–H groups in total. The van der Waals surface area contributed by atoms with Crippen LogP contribution in [0.5, 0.6) is 0 Å². The molecule has 1 aliphatic rings. The molecule has 1 aliphatic heterocycles. The summed E-state index contributed by atoms with van der Waals surface area (Å²) in [6, 6.07) is 0. The normalized spacial score (nSPS) is 20.4. The van der Waals surface area contributed by atoms with Crippen LogP contribution in [0.3, 0.4) is 0 Å². The Bertz CT molecular complexity index is 152. The van der Waals surface area contributed by atoms with Crippen LogP contribution < -0.4 is 5.32 Å². The van der Waals surface area contributed by atoms with Crippen molar-refractivity contribution in [3.8, 4) is 0 Å². The lowest BCUT2D eigenvalue weighted by atomic mass is 10.1. The SMILES string of the molecule is CCSCCCNCCOCC1CCOC1. The predicted octanol–water partition coefficient (Wildman–Crippen LogP) is 1.77. The number of thioether (sulfide) groups is 1. The number of rotatable bonds is 10. The van der Waals surface area contributed by atoms with Crippen LogP contribution in [-0.4, -0.2) is 51.0 Å². The maximum Gasteiger partial charge on any atom is 0.0591 e. The molecule has 1 saturated heterocycles. The minimum atomic E-state index is 0.640. The van der Waals surface area contributed by atoms with E-state index in [4.69, 9.17) is 9.47 Å². The highest BCUT2D eigenvalue weighted by molar-refractivity contribution is 7.99. The van der Waals surface area contributed by atoms with E-state index in [1.807, 2.05) is 11.8 Å². The van der Waals surface area contributed by atoms with Crippen LogP contribution in [0.4, 0.5) is 0 Å². The molecule has 1 atom stereocenters. The summed E-state index contributed by atoms with van der Waals surface area (Å²) < 4.78 is 10.9. The first-order valence-corrected chi connectivity index (χ1v) is 7.53. The Labute approximate surface area is 104 Å². The minimum absolute atomic E-state index is 0.640. The fraction of sp³-hybridized carbons (Fsp3) is 1.00. The number of nitrogens with one attached hydrogen (secondary N) is 1. The molecule has 0 saturated carbocycles. The molecule has 1 rings (SSSR count). The number of hydrogen-bond acceptors (Lipinski definition) is 4. The molecule has 0 aliphatic carbocycles. The average molecular weight is 247 g/mol. The zero-order valence-corrected chi connectivity index (χ0v) is 11.2. The molecule has 4 heteroatoms. The van der Waals surface area contributed by atoms with E-state index in [0.29, 0.717) is 5.92 Å². The molecule has 0 radical (unpaired) electrons. The van der Waals surface area contributed by atoms with E-state index in [1.165, 1.54) is 24.3 Å². The van der Waals surface area contributed by atoms with Crippen molar-refractivity contribution in [1.29, 1.82) is 0 Å². The van der Waals surface area contributed by atoms with Crippen molar-refractivity contribution in [1.82, 2.24) is 5.32 Å². The summed E-state index contributed by atoms with van der Waals surface area (Å²) >= 11 is 2.01. The maximum absolute atomic E-state index is 5.60. The zero-order chi connectivity index (χ0) is 11.5. The molecule has 0 amide bonds. The monoisotopic (exact) mass is 247 g/mol. The van der Waals surface area contributed by atoms with Crippen molar-refractivity contribution in [3.05, 3.63) is 0 Å². The van der Waals surface area contributed by atoms with E-state index in [-0.39, 0.29) is 0 Å². The highest BCUT2D eigenvalue weighted by Gasteiger charge is 2.14. The number of ether oxygens (including phenoxy) is 2. The largest absolute Gasteiger partial charge is 0.381 e. The molecule has 1 heterocycles. The Morgan fingerprint density at radius 3 is 3.12 bits per heavy atom. The lowest BCUT2D eigenvalue weighted by Crippen LogP contribution is -2.22. The zero-order valence-electron chi connectivity index (χ0n) is 10.4. The summed E-state index contributed by atoms with van der Waals surface area (Å²) in [7, 11) is 0. The Balaban J connectivity index is 1.71. The molecular weight excluding hydrogens is 222 g/mol. The highest BCUT2D eigenvalue weighted by atomic mass is 32.2. The second kappa shape index (κ2) is 10.4. The first-order valence-electron chi connectivity index (χ1n) is 6.37. The van der Waals surface area contributed by atoms with E-state index in [9.17, 15) is 0 Å². The van der Waals surface area contributed by atoms with E-state index in [0.717, 1.165) is 39.5 Å². The van der Waals surface area contributed by atoms with Crippen LogP contribution in [0.2, 0.25) is 0 Å². The van der Waals surface area contributed by atoms with Gasteiger partial charge < -0.3 is 14.8 Å². The van der Waals surface area contributed by atoms with Crippen LogP contribution in [0.1, 0.15) is 19.8 Å². The maximum atomic E-state index is 5.60. The van der Waals surface area contributed by atoms with Crippen molar-refractivity contribution in [2.45, 2.75) is 19.8 Å². The van der Waals surface area contributed by atoms with Gasteiger partial charge in [-0.15, -0.1) is 0 Å². The summed E-state index contributed by atoms with van der Waals surface area (Å²) in [5, 5.41) is 3.40. The van der Waals surface area contributed by atoms with Gasteiger partial charge in [0.25, 0.3) is 0 Å². The summed E-state index contributed by atoms with van der Waals surface area (Å²) in [6.07, 6.45) is 2.43. The quantitative estimate of drug-likeness (QED) is 0.596. The van der Waals surface area contributed by atoms with Crippen LogP contribution in [0, 0.1) is 5.92 Å². The van der Waals surface area contributed by atoms with Gasteiger partial charge in [0.05, 0.1) is 19.8 Å². The third kappa shape index (κ3) is 7.49. The first-order chi connectivity index (χ1) is 7.93. The molecule has 3 nitrogen and oxygen atoms in total. The van der Waals surface area contributed by atoms with Crippen molar-refractivity contribution in [3.63, 3.8) is 0 Å². The molecule has 0 aromatic carbocycles. The van der Waals surface area contributed by atoms with Gasteiger partial charge in [-0.05, 0) is 30.9 Å². The first kappa shape index (κ1) is 14.3. The van der Waals surface area contributed by atoms with Crippen molar-refractivity contribution >= 4 is 11.8 Å². The predicted molar refractivity (Wildman–Crippen MR) is 70.2 cm³/mol. The summed E-state index contributed by atoms with van der Waals surface area (Å²) in [6.45, 7) is 7.81. The van der Waals surface area contributed by atoms with Crippen molar-refractivity contribution in [2.75, 3.05) is 51.0 Å². The minimum Gasteiger partial charge on any atom is -0.381 e. The van der Waals surface area contributed by atoms with E-state index in [2.05, 4.69) is 12.2 Å². The van der Waals surface area contributed by atoms with Gasteiger partial charge in [-0.1, -0.05) is 6.92 Å². The molecule has 0 aromatic rings. The fourth-order valence-electron chi connectivity index (χ4n) is 1.68. The molecule has 16 heavy (non-hydrogen) atoms. The van der Waals surface area contributed by atoms with Gasteiger partial charge >= 0.3 is 0 Å². The average Bonchev–Trinajstić information content (AvgIpc) is 2.80. The highest BCUT2D eigenvalue weighted by Crippen LogP contribution is 2.11. The van der Waals surface area contributed by atoms with Gasteiger partial charge in [0.1, 0.15) is 0 Å².